The van der Waals surface area contributed by atoms with Crippen LogP contribution in [0.5, 0.6) is 5.75 Å². The molecule has 35 heavy (non-hydrogen) atoms. The minimum Gasteiger partial charge on any atom is -0.497 e. The molecule has 0 saturated heterocycles. The number of rotatable bonds is 8. The van der Waals surface area contributed by atoms with E-state index in [1.807, 2.05) is 35.7 Å². The van der Waals surface area contributed by atoms with Crippen molar-refractivity contribution in [3.8, 4) is 5.75 Å². The van der Waals surface area contributed by atoms with E-state index in [1.54, 1.807) is 17.6 Å². The van der Waals surface area contributed by atoms with Gasteiger partial charge in [-0.2, -0.15) is 4.31 Å². The van der Waals surface area contributed by atoms with E-state index in [-0.39, 0.29) is 18.0 Å². The predicted molar refractivity (Wildman–Crippen MR) is 132 cm³/mol. The monoisotopic (exact) mass is 516 g/mol. The van der Waals surface area contributed by atoms with Crippen molar-refractivity contribution >= 4 is 27.3 Å². The molecule has 4 rings (SSSR count). The summed E-state index contributed by atoms with van der Waals surface area (Å²) in [4.78, 5) is 14.1. The van der Waals surface area contributed by atoms with E-state index in [2.05, 4.69) is 0 Å². The van der Waals surface area contributed by atoms with Crippen LogP contribution < -0.4 is 10.2 Å². The van der Waals surface area contributed by atoms with Gasteiger partial charge in [-0.3, -0.25) is 10.0 Å². The zero-order chi connectivity index (χ0) is 25.0. The Balaban J connectivity index is 1.73. The van der Waals surface area contributed by atoms with Gasteiger partial charge in [-0.05, 0) is 71.7 Å². The minimum absolute atomic E-state index is 0.0497. The Morgan fingerprint density at radius 3 is 2.60 bits per heavy atom. The second-order valence-electron chi connectivity index (χ2n) is 8.38. The highest BCUT2D eigenvalue weighted by Crippen LogP contribution is 2.39. The molecule has 10 heteroatoms. The number of hydroxylamine groups is 1. The van der Waals surface area contributed by atoms with Gasteiger partial charge in [-0.15, -0.1) is 11.3 Å². The summed E-state index contributed by atoms with van der Waals surface area (Å²) in [5.41, 5.74) is 4.40. The molecule has 1 aliphatic rings. The number of thiophene rings is 1. The van der Waals surface area contributed by atoms with Crippen LogP contribution in [0.4, 0.5) is 0 Å². The summed E-state index contributed by atoms with van der Waals surface area (Å²) in [5, 5.41) is 21.0. The Hall–Kier alpha value is -2.76. The summed E-state index contributed by atoms with van der Waals surface area (Å²) in [6.07, 6.45) is 1.51. The molecule has 1 aliphatic heterocycles. The number of carbonyl (C=O) groups excluding carboxylic acids is 1. The molecule has 0 aliphatic carbocycles. The fourth-order valence-corrected chi connectivity index (χ4v) is 7.22. The van der Waals surface area contributed by atoms with E-state index in [0.717, 1.165) is 21.6 Å². The average Bonchev–Trinajstić information content (AvgIpc) is 3.29. The lowest BCUT2D eigenvalue weighted by molar-refractivity contribution is -0.134. The molecule has 2 aromatic carbocycles. The SMILES string of the molecule is COc1ccc(S(=O)(=O)N2CCc3sccc3C(CCc3cccc(CO)c3)C2C(=O)NO)cc1. The van der Waals surface area contributed by atoms with E-state index in [9.17, 15) is 23.5 Å². The molecule has 0 fully saturated rings. The number of amides is 1. The molecular weight excluding hydrogens is 488 g/mol. The molecule has 2 atom stereocenters. The maximum atomic E-state index is 13.7. The molecule has 2 unspecified atom stereocenters. The van der Waals surface area contributed by atoms with Gasteiger partial charge < -0.3 is 9.84 Å². The molecule has 1 aromatic heterocycles. The van der Waals surface area contributed by atoms with E-state index in [4.69, 9.17) is 4.74 Å². The van der Waals surface area contributed by atoms with Crippen molar-refractivity contribution in [2.75, 3.05) is 13.7 Å². The maximum absolute atomic E-state index is 13.7. The van der Waals surface area contributed by atoms with Gasteiger partial charge in [0.2, 0.25) is 10.0 Å². The molecule has 2 heterocycles. The Bertz CT molecular complexity index is 1270. The van der Waals surface area contributed by atoms with Crippen LogP contribution in [-0.2, 0) is 34.3 Å². The Kier molecular flexibility index (Phi) is 7.88. The van der Waals surface area contributed by atoms with Gasteiger partial charge >= 0.3 is 0 Å². The maximum Gasteiger partial charge on any atom is 0.262 e. The second-order valence-corrected chi connectivity index (χ2v) is 11.3. The van der Waals surface area contributed by atoms with Crippen LogP contribution in [0.3, 0.4) is 0 Å². The van der Waals surface area contributed by atoms with E-state index < -0.39 is 27.9 Å². The summed E-state index contributed by atoms with van der Waals surface area (Å²) < 4.78 is 33.8. The molecule has 3 aromatic rings. The number of carbonyl (C=O) groups is 1. The van der Waals surface area contributed by atoms with Gasteiger partial charge in [0.15, 0.2) is 0 Å². The zero-order valence-corrected chi connectivity index (χ0v) is 20.9. The van der Waals surface area contributed by atoms with Crippen molar-refractivity contribution in [3.05, 3.63) is 81.5 Å². The lowest BCUT2D eigenvalue weighted by Gasteiger charge is -2.33. The summed E-state index contributed by atoms with van der Waals surface area (Å²) in [7, 11) is -2.56. The summed E-state index contributed by atoms with van der Waals surface area (Å²) in [6.45, 7) is 0.0336. The number of aliphatic hydroxyl groups excluding tert-OH is 1. The topological polar surface area (TPSA) is 116 Å². The molecule has 186 valence electrons. The van der Waals surface area contributed by atoms with Crippen molar-refractivity contribution in [2.24, 2.45) is 0 Å². The molecule has 1 amide bonds. The van der Waals surface area contributed by atoms with Gasteiger partial charge in [0, 0.05) is 17.3 Å². The van der Waals surface area contributed by atoms with Crippen LogP contribution in [0, 0.1) is 0 Å². The van der Waals surface area contributed by atoms with Gasteiger partial charge in [0.1, 0.15) is 11.8 Å². The van der Waals surface area contributed by atoms with E-state index in [0.29, 0.717) is 25.0 Å². The largest absolute Gasteiger partial charge is 0.497 e. The number of hydrogen-bond acceptors (Lipinski definition) is 7. The van der Waals surface area contributed by atoms with Crippen LogP contribution in [0.15, 0.2) is 64.9 Å². The Morgan fingerprint density at radius 1 is 1.17 bits per heavy atom. The predicted octanol–water partition coefficient (Wildman–Crippen LogP) is 3.09. The number of nitrogens with zero attached hydrogens (tertiary/aromatic N) is 1. The van der Waals surface area contributed by atoms with Gasteiger partial charge in [0.25, 0.3) is 5.91 Å². The number of aryl methyl sites for hydroxylation is 1. The van der Waals surface area contributed by atoms with Crippen LogP contribution in [0.2, 0.25) is 0 Å². The normalized spacial score (nSPS) is 18.5. The average molecular weight is 517 g/mol. The lowest BCUT2D eigenvalue weighted by Crippen LogP contribution is -2.51. The number of benzene rings is 2. The number of hydrogen-bond donors (Lipinski definition) is 3. The summed E-state index contributed by atoms with van der Waals surface area (Å²) in [5.74, 6) is -0.721. The van der Waals surface area contributed by atoms with Crippen LogP contribution in [0.25, 0.3) is 0 Å². The standard InChI is InChI=1S/C25H28N2O6S2/c1-33-19-6-8-20(9-7-19)35(31,32)27-13-11-23-21(12-14-34-23)22(24(27)25(29)26-30)10-5-17-3-2-4-18(15-17)16-28/h2-4,6-9,12,14-15,22,24,28,30H,5,10-11,13,16H2,1H3,(H,26,29). The molecule has 0 spiro atoms. The third kappa shape index (κ3) is 5.26. The second kappa shape index (κ2) is 10.9. The third-order valence-corrected chi connectivity index (χ3v) is 9.28. The van der Waals surface area contributed by atoms with Gasteiger partial charge in [-0.25, -0.2) is 13.9 Å². The Morgan fingerprint density at radius 2 is 1.91 bits per heavy atom. The molecule has 0 radical (unpaired) electrons. The Labute approximate surface area is 208 Å². The first-order chi connectivity index (χ1) is 16.9. The fraction of sp³-hybridized carbons (Fsp3) is 0.320. The first kappa shape index (κ1) is 25.3. The molecule has 3 N–H and O–H groups in total. The molecule has 0 saturated carbocycles. The molecule has 8 nitrogen and oxygen atoms in total. The van der Waals surface area contributed by atoms with Crippen molar-refractivity contribution in [3.63, 3.8) is 0 Å². The van der Waals surface area contributed by atoms with Gasteiger partial charge in [0.05, 0.1) is 18.6 Å². The lowest BCUT2D eigenvalue weighted by atomic mass is 9.86. The van der Waals surface area contributed by atoms with Crippen molar-refractivity contribution < 1.29 is 28.3 Å². The number of sulfonamides is 1. The number of fused-ring (bicyclic) bond motifs is 1. The van der Waals surface area contributed by atoms with Crippen LogP contribution in [-0.4, -0.2) is 48.6 Å². The quantitative estimate of drug-likeness (QED) is 0.313. The highest BCUT2D eigenvalue weighted by molar-refractivity contribution is 7.89. The van der Waals surface area contributed by atoms with E-state index in [1.165, 1.54) is 34.9 Å². The fourth-order valence-electron chi connectivity index (χ4n) is 4.66. The van der Waals surface area contributed by atoms with Gasteiger partial charge in [-0.1, -0.05) is 24.3 Å². The summed E-state index contributed by atoms with van der Waals surface area (Å²) in [6, 6.07) is 14.4. The number of methoxy groups -OCH3 is 1. The van der Waals surface area contributed by atoms with Crippen LogP contribution >= 0.6 is 11.3 Å². The zero-order valence-electron chi connectivity index (χ0n) is 19.3. The smallest absolute Gasteiger partial charge is 0.262 e. The summed E-state index contributed by atoms with van der Waals surface area (Å²) >= 11 is 1.54. The molecular formula is C25H28N2O6S2. The third-order valence-electron chi connectivity index (χ3n) is 6.39. The van der Waals surface area contributed by atoms with Crippen molar-refractivity contribution in [2.45, 2.75) is 42.7 Å². The number of nitrogens with one attached hydrogen (secondary N) is 1. The molecule has 0 bridgehead atoms. The van der Waals surface area contributed by atoms with E-state index >= 15 is 0 Å². The first-order valence-electron chi connectivity index (χ1n) is 11.2. The number of aliphatic hydroxyl groups is 1. The number of ether oxygens (including phenoxy) is 1. The first-order valence-corrected chi connectivity index (χ1v) is 13.6. The van der Waals surface area contributed by atoms with Crippen molar-refractivity contribution in [1.29, 1.82) is 0 Å². The minimum atomic E-state index is -4.06. The highest BCUT2D eigenvalue weighted by atomic mass is 32.2. The highest BCUT2D eigenvalue weighted by Gasteiger charge is 2.44. The van der Waals surface area contributed by atoms with Crippen LogP contribution in [0.1, 0.15) is 33.9 Å². The van der Waals surface area contributed by atoms with Crippen molar-refractivity contribution in [1.82, 2.24) is 9.79 Å².